The highest BCUT2D eigenvalue weighted by Gasteiger charge is 2.23. The molecule has 3 aromatic rings. The molecule has 156 valence electrons. The van der Waals surface area contributed by atoms with Crippen molar-refractivity contribution >= 4 is 28.4 Å². The Kier molecular flexibility index (Phi) is 6.27. The molecule has 30 heavy (non-hydrogen) atoms. The van der Waals surface area contributed by atoms with E-state index in [1.807, 2.05) is 36.4 Å². The van der Waals surface area contributed by atoms with Gasteiger partial charge in [0, 0.05) is 43.8 Å². The lowest BCUT2D eigenvalue weighted by atomic mass is 10.1. The second-order valence-electron chi connectivity index (χ2n) is 7.53. The first-order valence-corrected chi connectivity index (χ1v) is 10.3. The van der Waals surface area contributed by atoms with Crippen molar-refractivity contribution in [1.29, 1.82) is 0 Å². The van der Waals surface area contributed by atoms with Crippen LogP contribution < -0.4 is 20.9 Å². The molecule has 0 radical (unpaired) electrons. The molecule has 2 amide bonds. The quantitative estimate of drug-likeness (QED) is 0.524. The van der Waals surface area contributed by atoms with E-state index < -0.39 is 0 Å². The van der Waals surface area contributed by atoms with Gasteiger partial charge in [0.2, 0.25) is 0 Å². The van der Waals surface area contributed by atoms with Gasteiger partial charge in [-0.2, -0.15) is 0 Å². The van der Waals surface area contributed by atoms with Gasteiger partial charge >= 0.3 is 6.03 Å². The van der Waals surface area contributed by atoms with Crippen LogP contribution in [0.4, 0.5) is 20.7 Å². The third-order valence-electron chi connectivity index (χ3n) is 5.34. The van der Waals surface area contributed by atoms with Gasteiger partial charge in [0.1, 0.15) is 11.6 Å². The Morgan fingerprint density at radius 2 is 1.87 bits per heavy atom. The summed E-state index contributed by atoms with van der Waals surface area (Å²) >= 11 is 0. The molecule has 1 fully saturated rings. The Hall–Kier alpha value is -3.35. The zero-order valence-corrected chi connectivity index (χ0v) is 16.8. The molecular weight excluding hydrogens is 381 g/mol. The molecule has 0 spiro atoms. The molecule has 1 aliphatic rings. The zero-order valence-electron chi connectivity index (χ0n) is 16.8. The molecule has 1 saturated heterocycles. The first kappa shape index (κ1) is 19.9. The number of halogens is 1. The number of urea groups is 1. The van der Waals surface area contributed by atoms with Crippen LogP contribution in [0.3, 0.4) is 0 Å². The number of fused-ring (bicyclic) bond motifs is 1. The molecule has 2 aromatic carbocycles. The van der Waals surface area contributed by atoms with Gasteiger partial charge in [0.05, 0.1) is 5.52 Å². The van der Waals surface area contributed by atoms with Crippen LogP contribution in [0, 0.1) is 11.7 Å². The van der Waals surface area contributed by atoms with Crippen LogP contribution in [0.25, 0.3) is 10.9 Å². The molecule has 1 atom stereocenters. The molecule has 1 aromatic heterocycles. The molecule has 0 bridgehead atoms. The van der Waals surface area contributed by atoms with Crippen LogP contribution >= 0.6 is 0 Å². The summed E-state index contributed by atoms with van der Waals surface area (Å²) in [4.78, 5) is 18.8. The summed E-state index contributed by atoms with van der Waals surface area (Å²) in [5.41, 5.74) is 1.97. The molecular formula is C23H26FN5O. The normalized spacial score (nSPS) is 15.9. The number of rotatable bonds is 7. The van der Waals surface area contributed by atoms with Gasteiger partial charge in [-0.05, 0) is 54.8 Å². The lowest BCUT2D eigenvalue weighted by molar-refractivity contribution is 0.239. The summed E-state index contributed by atoms with van der Waals surface area (Å²) in [6, 6.07) is 18.3. The van der Waals surface area contributed by atoms with Gasteiger partial charge in [0.15, 0.2) is 0 Å². The van der Waals surface area contributed by atoms with E-state index in [2.05, 4.69) is 25.8 Å². The van der Waals surface area contributed by atoms with Crippen LogP contribution in [0.15, 0.2) is 60.7 Å². The molecule has 0 saturated carbocycles. The highest BCUT2D eigenvalue weighted by Crippen LogP contribution is 2.23. The number of amides is 2. The second kappa shape index (κ2) is 9.43. The van der Waals surface area contributed by atoms with Gasteiger partial charge in [-0.15, -0.1) is 0 Å². The average molecular weight is 407 g/mol. The molecule has 7 heteroatoms. The van der Waals surface area contributed by atoms with Crippen LogP contribution in [-0.2, 0) is 0 Å². The van der Waals surface area contributed by atoms with Crippen LogP contribution in [0.2, 0.25) is 0 Å². The van der Waals surface area contributed by atoms with Gasteiger partial charge in [-0.25, -0.2) is 14.2 Å². The fourth-order valence-corrected chi connectivity index (χ4v) is 3.72. The molecule has 6 nitrogen and oxygen atoms in total. The Bertz CT molecular complexity index is 994. The van der Waals surface area contributed by atoms with Crippen molar-refractivity contribution in [2.24, 2.45) is 5.92 Å². The number of carbonyl (C=O) groups excluding carboxylic acids is 1. The topological polar surface area (TPSA) is 69.3 Å². The van der Waals surface area contributed by atoms with Crippen molar-refractivity contribution in [1.82, 2.24) is 15.6 Å². The minimum absolute atomic E-state index is 0.163. The van der Waals surface area contributed by atoms with Crippen LogP contribution in [-0.4, -0.2) is 43.7 Å². The van der Waals surface area contributed by atoms with E-state index in [0.717, 1.165) is 41.9 Å². The Morgan fingerprint density at radius 3 is 2.73 bits per heavy atom. The van der Waals surface area contributed by atoms with E-state index in [9.17, 15) is 9.18 Å². The number of benzene rings is 2. The summed E-state index contributed by atoms with van der Waals surface area (Å²) in [5, 5.41) is 10.1. The van der Waals surface area contributed by atoms with E-state index >= 15 is 0 Å². The van der Waals surface area contributed by atoms with Crippen molar-refractivity contribution in [2.75, 3.05) is 42.9 Å². The maximum absolute atomic E-state index is 13.1. The van der Waals surface area contributed by atoms with Gasteiger partial charge in [0.25, 0.3) is 0 Å². The first-order chi connectivity index (χ1) is 14.7. The predicted octanol–water partition coefficient (Wildman–Crippen LogP) is 3.61. The molecule has 1 aliphatic heterocycles. The zero-order chi connectivity index (χ0) is 20.8. The molecule has 3 N–H and O–H groups in total. The second-order valence-corrected chi connectivity index (χ2v) is 7.53. The van der Waals surface area contributed by atoms with Crippen molar-refractivity contribution < 1.29 is 9.18 Å². The first-order valence-electron chi connectivity index (χ1n) is 10.3. The van der Waals surface area contributed by atoms with E-state index in [1.165, 1.54) is 12.1 Å². The van der Waals surface area contributed by atoms with Crippen LogP contribution in [0.1, 0.15) is 6.42 Å². The highest BCUT2D eigenvalue weighted by molar-refractivity contribution is 5.80. The summed E-state index contributed by atoms with van der Waals surface area (Å²) in [7, 11) is 0. The van der Waals surface area contributed by atoms with E-state index in [1.54, 1.807) is 12.1 Å². The summed E-state index contributed by atoms with van der Waals surface area (Å²) in [6.45, 7) is 3.51. The molecule has 0 aliphatic carbocycles. The third-order valence-corrected chi connectivity index (χ3v) is 5.34. The Labute approximate surface area is 175 Å². The Morgan fingerprint density at radius 1 is 1.03 bits per heavy atom. The number of aromatic nitrogens is 1. The van der Waals surface area contributed by atoms with Crippen molar-refractivity contribution in [2.45, 2.75) is 6.42 Å². The number of hydrogen-bond donors (Lipinski definition) is 3. The molecule has 4 rings (SSSR count). The fraction of sp³-hybridized carbons (Fsp3) is 0.304. The van der Waals surface area contributed by atoms with E-state index in [0.29, 0.717) is 25.6 Å². The van der Waals surface area contributed by atoms with Crippen molar-refractivity contribution in [3.8, 4) is 0 Å². The lowest BCUT2D eigenvalue weighted by Crippen LogP contribution is -2.40. The smallest absolute Gasteiger partial charge is 0.314 e. The predicted molar refractivity (Wildman–Crippen MR) is 118 cm³/mol. The highest BCUT2D eigenvalue weighted by atomic mass is 19.1. The van der Waals surface area contributed by atoms with Crippen molar-refractivity contribution in [3.05, 3.63) is 66.5 Å². The number of pyridine rings is 1. The minimum atomic E-state index is -0.223. The average Bonchev–Trinajstić information content (AvgIpc) is 3.25. The maximum atomic E-state index is 13.1. The van der Waals surface area contributed by atoms with Crippen LogP contribution in [0.5, 0.6) is 0 Å². The maximum Gasteiger partial charge on any atom is 0.314 e. The number of carbonyl (C=O) groups is 1. The van der Waals surface area contributed by atoms with Gasteiger partial charge < -0.3 is 20.9 Å². The summed E-state index contributed by atoms with van der Waals surface area (Å²) in [6.07, 6.45) is 1.01. The van der Waals surface area contributed by atoms with Gasteiger partial charge in [-0.3, -0.25) is 0 Å². The summed E-state index contributed by atoms with van der Waals surface area (Å²) < 4.78 is 13.1. The summed E-state index contributed by atoms with van der Waals surface area (Å²) in [5.74, 6) is 0.960. The SMILES string of the molecule is O=C(NCCNc1ccc2ccccc2n1)NCC1CCN(c2ccc(F)cc2)C1. The Balaban J connectivity index is 1.13. The fourth-order valence-electron chi connectivity index (χ4n) is 3.72. The number of hydrogen-bond acceptors (Lipinski definition) is 4. The monoisotopic (exact) mass is 407 g/mol. The van der Waals surface area contributed by atoms with E-state index in [4.69, 9.17) is 0 Å². The minimum Gasteiger partial charge on any atom is -0.371 e. The number of nitrogens with zero attached hydrogens (tertiary/aromatic N) is 2. The standard InChI is InChI=1S/C23H26FN5O/c24-19-6-8-20(9-7-19)29-14-11-17(16-29)15-27-23(30)26-13-12-25-22-10-5-18-3-1-2-4-21(18)28-22/h1-10,17H,11-16H2,(H,25,28)(H2,26,27,30). The number of nitrogens with one attached hydrogen (secondary N) is 3. The largest absolute Gasteiger partial charge is 0.371 e. The number of anilines is 2. The van der Waals surface area contributed by atoms with Crippen molar-refractivity contribution in [3.63, 3.8) is 0 Å². The lowest BCUT2D eigenvalue weighted by Gasteiger charge is -2.19. The third kappa shape index (κ3) is 5.17. The molecule has 2 heterocycles. The molecule has 1 unspecified atom stereocenters. The number of para-hydroxylation sites is 1. The van der Waals surface area contributed by atoms with E-state index in [-0.39, 0.29) is 11.8 Å². The van der Waals surface area contributed by atoms with Gasteiger partial charge in [-0.1, -0.05) is 18.2 Å².